The average Bonchev–Trinajstić information content (AvgIpc) is 2.73. The average molecular weight is 353 g/mol. The van der Waals surface area contributed by atoms with Crippen LogP contribution in [0.3, 0.4) is 0 Å². The topological polar surface area (TPSA) is 65.1 Å². The van der Waals surface area contributed by atoms with Crippen molar-refractivity contribution in [2.24, 2.45) is 12.9 Å². The lowest BCUT2D eigenvalue weighted by Gasteiger charge is -2.16. The van der Waals surface area contributed by atoms with Crippen molar-refractivity contribution in [2.45, 2.75) is 25.8 Å². The molecular weight excluding hydrogens is 332 g/mol. The highest BCUT2D eigenvalue weighted by Gasteiger charge is 2.16. The van der Waals surface area contributed by atoms with Gasteiger partial charge in [-0.3, -0.25) is 16.0 Å². The van der Waals surface area contributed by atoms with Gasteiger partial charge in [0.05, 0.1) is 23.0 Å². The minimum absolute atomic E-state index is 0.143. The number of aryl methyl sites for hydroxylation is 2. The molecule has 2 rings (SSSR count). The van der Waals surface area contributed by atoms with E-state index in [4.69, 9.17) is 10.6 Å². The fraction of sp³-hybridized carbons (Fsp3) is 0.400. The summed E-state index contributed by atoms with van der Waals surface area (Å²) in [4.78, 5) is 0. The summed E-state index contributed by atoms with van der Waals surface area (Å²) in [6.07, 6.45) is 1.65. The molecule has 2 aromatic rings. The van der Waals surface area contributed by atoms with Gasteiger partial charge in [0.1, 0.15) is 5.75 Å². The Balaban J connectivity index is 2.09. The van der Waals surface area contributed by atoms with Crippen LogP contribution in [0.5, 0.6) is 5.75 Å². The fourth-order valence-corrected chi connectivity index (χ4v) is 2.87. The zero-order chi connectivity index (χ0) is 15.4. The first-order valence-electron chi connectivity index (χ1n) is 6.82. The number of nitrogens with two attached hydrogens (primary N) is 1. The molecule has 0 spiro atoms. The number of nitrogens with one attached hydrogen (secondary N) is 1. The van der Waals surface area contributed by atoms with Crippen molar-refractivity contribution < 1.29 is 4.74 Å². The number of ether oxygens (including phenoxy) is 1. The monoisotopic (exact) mass is 352 g/mol. The first kappa shape index (κ1) is 16.0. The summed E-state index contributed by atoms with van der Waals surface area (Å²) in [6, 6.07) is 8.20. The van der Waals surface area contributed by atoms with Crippen LogP contribution >= 0.6 is 15.9 Å². The number of methoxy groups -OCH3 is 1. The van der Waals surface area contributed by atoms with E-state index in [-0.39, 0.29) is 6.04 Å². The number of hydrazine groups is 1. The summed E-state index contributed by atoms with van der Waals surface area (Å²) >= 11 is 3.59. The van der Waals surface area contributed by atoms with Crippen LogP contribution in [0.15, 0.2) is 28.7 Å². The Morgan fingerprint density at radius 1 is 1.33 bits per heavy atom. The summed E-state index contributed by atoms with van der Waals surface area (Å²) in [6.45, 7) is 1.99. The Bertz CT molecular complexity index is 594. The first-order valence-corrected chi connectivity index (χ1v) is 7.61. The van der Waals surface area contributed by atoms with Crippen LogP contribution in [-0.2, 0) is 19.9 Å². The van der Waals surface area contributed by atoms with E-state index in [1.807, 2.05) is 30.8 Å². The third-order valence-corrected chi connectivity index (χ3v) is 4.61. The lowest BCUT2D eigenvalue weighted by molar-refractivity contribution is 0.414. The van der Waals surface area contributed by atoms with Crippen LogP contribution in [0.2, 0.25) is 0 Å². The van der Waals surface area contributed by atoms with Gasteiger partial charge in [0.2, 0.25) is 0 Å². The van der Waals surface area contributed by atoms with Crippen LogP contribution in [0.4, 0.5) is 0 Å². The number of nitrogens with zero attached hydrogens (tertiary/aromatic N) is 2. The summed E-state index contributed by atoms with van der Waals surface area (Å²) in [5.74, 6) is 6.57. The maximum atomic E-state index is 5.71. The van der Waals surface area contributed by atoms with Gasteiger partial charge >= 0.3 is 0 Å². The number of hydrogen-bond acceptors (Lipinski definition) is 4. The Labute approximate surface area is 133 Å². The standard InChI is InChI=1S/C15H21BrN4O/c1-10-15(16)14(20(2)19-10)9-12(18-17)8-11-4-6-13(21-3)7-5-11/h4-7,12,18H,8-9,17H2,1-3H3. The first-order chi connectivity index (χ1) is 10.0. The van der Waals surface area contributed by atoms with E-state index in [1.165, 1.54) is 5.56 Å². The number of benzene rings is 1. The molecule has 0 aliphatic rings. The van der Waals surface area contributed by atoms with E-state index in [1.54, 1.807) is 7.11 Å². The molecule has 1 aromatic heterocycles. The van der Waals surface area contributed by atoms with Crippen molar-refractivity contribution in [1.82, 2.24) is 15.2 Å². The fourth-order valence-electron chi connectivity index (χ4n) is 2.37. The van der Waals surface area contributed by atoms with Gasteiger partial charge in [-0.2, -0.15) is 5.10 Å². The Hall–Kier alpha value is -1.37. The highest BCUT2D eigenvalue weighted by molar-refractivity contribution is 9.10. The molecule has 1 atom stereocenters. The van der Waals surface area contributed by atoms with Crippen molar-refractivity contribution in [1.29, 1.82) is 0 Å². The minimum atomic E-state index is 0.143. The lowest BCUT2D eigenvalue weighted by atomic mass is 10.0. The summed E-state index contributed by atoms with van der Waals surface area (Å²) in [5.41, 5.74) is 6.25. The predicted molar refractivity (Wildman–Crippen MR) is 87.2 cm³/mol. The highest BCUT2D eigenvalue weighted by Crippen LogP contribution is 2.22. The molecule has 0 amide bonds. The molecule has 0 aliphatic carbocycles. The van der Waals surface area contributed by atoms with Crippen LogP contribution in [-0.4, -0.2) is 22.9 Å². The maximum absolute atomic E-state index is 5.71. The molecule has 3 N–H and O–H groups in total. The normalized spacial score (nSPS) is 12.4. The van der Waals surface area contributed by atoms with Crippen LogP contribution in [0.25, 0.3) is 0 Å². The Morgan fingerprint density at radius 3 is 2.48 bits per heavy atom. The molecule has 0 bridgehead atoms. The van der Waals surface area contributed by atoms with Gasteiger partial charge in [-0.1, -0.05) is 12.1 Å². The second-order valence-corrected chi connectivity index (χ2v) is 5.88. The van der Waals surface area contributed by atoms with E-state index in [2.05, 4.69) is 38.6 Å². The molecule has 1 aromatic carbocycles. The Kier molecular flexibility index (Phi) is 5.39. The van der Waals surface area contributed by atoms with Gasteiger partial charge < -0.3 is 4.74 Å². The van der Waals surface area contributed by atoms with Crippen LogP contribution < -0.4 is 16.0 Å². The van der Waals surface area contributed by atoms with Crippen molar-refractivity contribution in [3.8, 4) is 5.75 Å². The molecule has 1 unspecified atom stereocenters. The molecule has 1 heterocycles. The SMILES string of the molecule is COc1ccc(CC(Cc2c(Br)c(C)nn2C)NN)cc1. The minimum Gasteiger partial charge on any atom is -0.497 e. The molecule has 5 nitrogen and oxygen atoms in total. The van der Waals surface area contributed by atoms with Crippen LogP contribution in [0.1, 0.15) is 17.0 Å². The molecule has 21 heavy (non-hydrogen) atoms. The molecule has 0 saturated carbocycles. The van der Waals surface area contributed by atoms with E-state index in [0.717, 1.165) is 34.5 Å². The van der Waals surface area contributed by atoms with Gasteiger partial charge in [-0.25, -0.2) is 0 Å². The molecule has 0 aliphatic heterocycles. The molecular formula is C15H21BrN4O. The van der Waals surface area contributed by atoms with Crippen molar-refractivity contribution in [3.63, 3.8) is 0 Å². The van der Waals surface area contributed by atoms with Gasteiger partial charge in [-0.15, -0.1) is 0 Å². The zero-order valence-corrected chi connectivity index (χ0v) is 14.1. The number of hydrogen-bond donors (Lipinski definition) is 2. The summed E-state index contributed by atoms with van der Waals surface area (Å²) < 4.78 is 8.13. The van der Waals surface area contributed by atoms with E-state index >= 15 is 0 Å². The second kappa shape index (κ2) is 7.06. The van der Waals surface area contributed by atoms with E-state index < -0.39 is 0 Å². The predicted octanol–water partition coefficient (Wildman–Crippen LogP) is 2.12. The smallest absolute Gasteiger partial charge is 0.118 e. The molecule has 0 saturated heterocycles. The quantitative estimate of drug-likeness (QED) is 0.617. The lowest BCUT2D eigenvalue weighted by Crippen LogP contribution is -2.39. The number of halogens is 1. The van der Waals surface area contributed by atoms with Gasteiger partial charge in [0.15, 0.2) is 0 Å². The number of rotatable bonds is 6. The largest absolute Gasteiger partial charge is 0.497 e. The second-order valence-electron chi connectivity index (χ2n) is 5.09. The summed E-state index contributed by atoms with van der Waals surface area (Å²) in [7, 11) is 3.62. The van der Waals surface area contributed by atoms with Crippen molar-refractivity contribution >= 4 is 15.9 Å². The molecule has 0 radical (unpaired) electrons. The van der Waals surface area contributed by atoms with Gasteiger partial charge in [0.25, 0.3) is 0 Å². The van der Waals surface area contributed by atoms with Crippen molar-refractivity contribution in [3.05, 3.63) is 45.7 Å². The molecule has 114 valence electrons. The van der Waals surface area contributed by atoms with E-state index in [0.29, 0.717) is 0 Å². The van der Waals surface area contributed by atoms with Gasteiger partial charge in [0, 0.05) is 19.5 Å². The maximum Gasteiger partial charge on any atom is 0.118 e. The van der Waals surface area contributed by atoms with Gasteiger partial charge in [-0.05, 0) is 47.0 Å². The molecule has 0 fully saturated rings. The zero-order valence-electron chi connectivity index (χ0n) is 12.6. The third-order valence-electron chi connectivity index (χ3n) is 3.58. The summed E-state index contributed by atoms with van der Waals surface area (Å²) in [5, 5.41) is 4.41. The Morgan fingerprint density at radius 2 is 2.00 bits per heavy atom. The third kappa shape index (κ3) is 3.84. The molecule has 6 heteroatoms. The highest BCUT2D eigenvalue weighted by atomic mass is 79.9. The van der Waals surface area contributed by atoms with E-state index in [9.17, 15) is 0 Å². The van der Waals surface area contributed by atoms with Crippen molar-refractivity contribution in [2.75, 3.05) is 7.11 Å². The van der Waals surface area contributed by atoms with Crippen LogP contribution in [0, 0.1) is 6.92 Å². The number of aromatic nitrogens is 2.